The Balaban J connectivity index is 0. The molecule has 44 heavy (non-hydrogen) atoms. The molecule has 0 aromatic rings. The van der Waals surface area contributed by atoms with E-state index >= 15 is 0 Å². The van der Waals surface area contributed by atoms with E-state index in [9.17, 15) is 13.2 Å². The first kappa shape index (κ1) is 46.7. The molecule has 0 aromatic carbocycles. The van der Waals surface area contributed by atoms with Crippen LogP contribution < -0.4 is 0 Å². The molecule has 11 heteroatoms. The van der Waals surface area contributed by atoms with Crippen molar-refractivity contribution in [2.75, 3.05) is 0 Å². The van der Waals surface area contributed by atoms with E-state index in [4.69, 9.17) is 13.0 Å². The van der Waals surface area contributed by atoms with Gasteiger partial charge in [-0.15, -0.1) is 0 Å². The average molecular weight is 805 g/mol. The maximum absolute atomic E-state index is 10.7. The fourth-order valence-corrected chi connectivity index (χ4v) is 3.92. The number of azo groups is 1. The van der Waals surface area contributed by atoms with Gasteiger partial charge in [-0.1, -0.05) is 69.2 Å². The molecule has 0 spiro atoms. The van der Waals surface area contributed by atoms with E-state index < -0.39 is 15.6 Å². The molecule has 22 radical (unpaired) electrons. The smallest absolute Gasteiger partial charge is 0.279 e. The first-order valence-corrected chi connectivity index (χ1v) is 14.7. The van der Waals surface area contributed by atoms with Crippen LogP contribution in [0.4, 0.5) is 13.2 Å². The summed E-state index contributed by atoms with van der Waals surface area (Å²) in [4.78, 5) is 0. The van der Waals surface area contributed by atoms with Crippen LogP contribution in [-0.4, -0.2) is 18.5 Å². The van der Waals surface area contributed by atoms with Crippen molar-refractivity contribution in [2.45, 2.75) is 74.7 Å². The molecule has 5 nitrogen and oxygen atoms in total. The zero-order valence-electron chi connectivity index (χ0n) is 26.7. The van der Waals surface area contributed by atoms with Crippen LogP contribution >= 0.6 is 0 Å². The van der Waals surface area contributed by atoms with Crippen LogP contribution in [0.5, 0.6) is 0 Å². The van der Waals surface area contributed by atoms with Crippen molar-refractivity contribution in [3.05, 3.63) is 135 Å². The zero-order chi connectivity index (χ0) is 32.4. The van der Waals surface area contributed by atoms with Gasteiger partial charge in [0.05, 0.1) is 0 Å². The maximum Gasteiger partial charge on any atom is 0.522 e. The second-order valence-electron chi connectivity index (χ2n) is 10.0. The second kappa shape index (κ2) is 21.5. The summed E-state index contributed by atoms with van der Waals surface area (Å²) in [6.45, 7) is 22.0. The van der Waals surface area contributed by atoms with Gasteiger partial charge in [-0.25, -0.2) is 0 Å². The number of hydrogen-bond acceptors (Lipinski definition) is 4. The van der Waals surface area contributed by atoms with Gasteiger partial charge < -0.3 is 0 Å². The second-order valence-corrected chi connectivity index (χ2v) is 11.5. The topological polar surface area (TPSA) is 79.1 Å². The Morgan fingerprint density at radius 1 is 0.477 bits per heavy atom. The summed E-state index contributed by atoms with van der Waals surface area (Å²) in [5.41, 5.74) is -5.53. The largest absolute Gasteiger partial charge is 0.522 e. The van der Waals surface area contributed by atoms with E-state index in [1.807, 2.05) is 64.2 Å². The Morgan fingerprint density at radius 3 is 0.773 bits per heavy atom. The van der Waals surface area contributed by atoms with E-state index in [1.165, 1.54) is 59.2 Å². The molecular weight excluding hydrogens is 764 g/mol. The number of rotatable bonds is 2. The van der Waals surface area contributed by atoms with Crippen LogP contribution in [-0.2, 0) is 49.1 Å². The zero-order valence-corrected chi connectivity index (χ0v) is 31.0. The van der Waals surface area contributed by atoms with Gasteiger partial charge in [0.1, 0.15) is 12.1 Å². The molecule has 0 atom stereocenters. The van der Waals surface area contributed by atoms with E-state index in [-0.39, 0.29) is 39.0 Å². The average Bonchev–Trinajstić information content (AvgIpc) is 3.22. The number of alkyl halides is 3. The monoisotopic (exact) mass is 806 g/mol. The molecule has 1 N–H and O–H groups in total. The molecule has 0 aromatic heterocycles. The van der Waals surface area contributed by atoms with E-state index in [1.54, 1.807) is 0 Å². The van der Waals surface area contributed by atoms with Crippen molar-refractivity contribution in [3.8, 4) is 0 Å². The van der Waals surface area contributed by atoms with Crippen molar-refractivity contribution < 1.29 is 65.1 Å². The van der Waals surface area contributed by atoms with Gasteiger partial charge in [-0.05, 0) is 123 Å². The van der Waals surface area contributed by atoms with Crippen molar-refractivity contribution in [3.63, 3.8) is 0 Å². The first-order chi connectivity index (χ1) is 19.3. The van der Waals surface area contributed by atoms with Gasteiger partial charge in [0, 0.05) is 39.0 Å². The SMILES string of the molecule is C[C]1[C](C)[C](C)[C](C)[C]1C.C[C]1[C](C)[C](C)[C](C)[C]1C.O=S(=O)(O)C(F)(F)F.[CH]1[CH][CH][C](N=N[C]2[CH][CH][CH][CH][CH]2)[CH][CH]1.[Ru].[Ru]. The quantitative estimate of drug-likeness (QED) is 0.131. The summed E-state index contributed by atoms with van der Waals surface area (Å²) in [6.07, 6.45) is 19.4. The molecular formula is C33H41F3N2O3Ru2S. The predicted octanol–water partition coefficient (Wildman–Crippen LogP) is 8.91. The first-order valence-electron chi connectivity index (χ1n) is 13.3. The molecule has 0 aliphatic heterocycles. The Hall–Kier alpha value is 0.547. The third-order valence-electron chi connectivity index (χ3n) is 7.71. The molecule has 4 fully saturated rings. The molecule has 244 valence electrons. The normalized spacial score (nSPS) is 24.1. The maximum atomic E-state index is 10.7. The summed E-state index contributed by atoms with van der Waals surface area (Å²) in [5, 5.41) is 8.20. The Morgan fingerprint density at radius 2 is 0.636 bits per heavy atom. The fraction of sp³-hybridized carbons (Fsp3) is 0.333. The molecule has 0 unspecified atom stereocenters. The standard InChI is InChI=1S/C12H10N2.2C10H15.CHF3O3S.2Ru/c1-3-7-11(8-4-1)13-14-12-9-5-2-6-10-12;2*1-6-7(2)9(4)10(5)8(6)3;2-1(3,4)8(5,6)7;;/h1-10H;2*1-5H3;(H,5,6,7);;. The van der Waals surface area contributed by atoms with Gasteiger partial charge in [0.25, 0.3) is 0 Å². The predicted molar refractivity (Wildman–Crippen MR) is 161 cm³/mol. The molecule has 0 amide bonds. The summed E-state index contributed by atoms with van der Waals surface area (Å²) in [7, 11) is -5.84. The summed E-state index contributed by atoms with van der Waals surface area (Å²) in [6, 6.07) is 1.74. The van der Waals surface area contributed by atoms with Crippen LogP contribution in [0.15, 0.2) is 10.2 Å². The van der Waals surface area contributed by atoms with Crippen LogP contribution in [0, 0.1) is 135 Å². The molecule has 0 bridgehead atoms. The summed E-state index contributed by atoms with van der Waals surface area (Å²) < 4.78 is 57.5. The van der Waals surface area contributed by atoms with Gasteiger partial charge in [-0.2, -0.15) is 31.8 Å². The van der Waals surface area contributed by atoms with Crippen molar-refractivity contribution in [1.29, 1.82) is 0 Å². The van der Waals surface area contributed by atoms with Crippen LogP contribution in [0.2, 0.25) is 0 Å². The minimum atomic E-state index is -5.84. The van der Waals surface area contributed by atoms with Gasteiger partial charge in [-0.3, -0.25) is 4.55 Å². The Kier molecular flexibility index (Phi) is 22.8. The number of nitrogens with zero attached hydrogens (tertiary/aromatic N) is 2. The minimum absolute atomic E-state index is 0. The summed E-state index contributed by atoms with van der Waals surface area (Å²) >= 11 is 0. The van der Waals surface area contributed by atoms with E-state index in [0.29, 0.717) is 0 Å². The molecule has 0 saturated heterocycles. The van der Waals surface area contributed by atoms with Gasteiger partial charge in [0.2, 0.25) is 0 Å². The molecule has 4 aliphatic carbocycles. The summed E-state index contributed by atoms with van der Waals surface area (Å²) in [5.74, 6) is 14.7. The van der Waals surface area contributed by atoms with Crippen molar-refractivity contribution in [2.24, 2.45) is 10.2 Å². The molecule has 0 heterocycles. The molecule has 4 aliphatic rings. The number of halogens is 3. The third-order valence-corrected chi connectivity index (χ3v) is 8.30. The van der Waals surface area contributed by atoms with Crippen molar-refractivity contribution in [1.82, 2.24) is 0 Å². The fourth-order valence-electron chi connectivity index (χ4n) is 3.92. The van der Waals surface area contributed by atoms with E-state index in [0.717, 1.165) is 12.1 Å². The van der Waals surface area contributed by atoms with Gasteiger partial charge >= 0.3 is 15.6 Å². The van der Waals surface area contributed by atoms with Crippen LogP contribution in [0.25, 0.3) is 0 Å². The van der Waals surface area contributed by atoms with Crippen LogP contribution in [0.3, 0.4) is 0 Å². The Labute approximate surface area is 294 Å². The van der Waals surface area contributed by atoms with Crippen LogP contribution in [0.1, 0.15) is 69.2 Å². The third kappa shape index (κ3) is 14.8. The van der Waals surface area contributed by atoms with Crippen molar-refractivity contribution >= 4 is 10.1 Å². The van der Waals surface area contributed by atoms with Gasteiger partial charge in [0.15, 0.2) is 0 Å². The molecule has 4 rings (SSSR count). The Bertz CT molecular complexity index is 758. The minimum Gasteiger partial charge on any atom is -0.279 e. The van der Waals surface area contributed by atoms with E-state index in [2.05, 4.69) is 79.5 Å². The number of hydrogen-bond donors (Lipinski definition) is 1. The molecule has 4 saturated carbocycles.